The topological polar surface area (TPSA) is 84.1 Å². The van der Waals surface area contributed by atoms with Crippen LogP contribution in [0.1, 0.15) is 26.7 Å². The lowest BCUT2D eigenvalue weighted by Gasteiger charge is -2.24. The summed E-state index contributed by atoms with van der Waals surface area (Å²) in [6.45, 7) is 5.28. The zero-order chi connectivity index (χ0) is 12.0. The van der Waals surface area contributed by atoms with Crippen molar-refractivity contribution in [2.75, 3.05) is 24.2 Å². The maximum Gasteiger partial charge on any atom is 0.224 e. The Labute approximate surface area is 96.1 Å². The van der Waals surface area contributed by atoms with Crippen LogP contribution in [0.15, 0.2) is 12.3 Å². The van der Waals surface area contributed by atoms with Gasteiger partial charge in [0.2, 0.25) is 5.95 Å². The minimum atomic E-state index is 0.108. The van der Waals surface area contributed by atoms with Crippen molar-refractivity contribution in [2.45, 2.75) is 26.7 Å². The maximum atomic E-state index is 8.79. The third-order valence-electron chi connectivity index (χ3n) is 2.41. The van der Waals surface area contributed by atoms with Gasteiger partial charge in [0, 0.05) is 19.3 Å². The smallest absolute Gasteiger partial charge is 0.224 e. The largest absolute Gasteiger partial charge is 0.396 e. The van der Waals surface area contributed by atoms with E-state index in [0.717, 1.165) is 19.4 Å². The molecular formula is C11H20N4O. The fourth-order valence-corrected chi connectivity index (χ4v) is 1.42. The molecule has 0 unspecified atom stereocenters. The van der Waals surface area contributed by atoms with Gasteiger partial charge in [-0.2, -0.15) is 4.98 Å². The van der Waals surface area contributed by atoms with Gasteiger partial charge in [0.15, 0.2) is 0 Å². The van der Waals surface area contributed by atoms with Gasteiger partial charge in [0.1, 0.15) is 5.82 Å². The molecular weight excluding hydrogens is 204 g/mol. The maximum absolute atomic E-state index is 8.79. The van der Waals surface area contributed by atoms with Crippen LogP contribution in [0.2, 0.25) is 0 Å². The highest BCUT2D eigenvalue weighted by Gasteiger charge is 2.17. The molecule has 1 aromatic heterocycles. The lowest BCUT2D eigenvalue weighted by atomic mass is 9.88. The lowest BCUT2D eigenvalue weighted by Crippen LogP contribution is -2.24. The number of rotatable bonds is 6. The number of hydrogen-bond acceptors (Lipinski definition) is 5. The van der Waals surface area contributed by atoms with Gasteiger partial charge in [0.05, 0.1) is 0 Å². The quantitative estimate of drug-likeness (QED) is 0.677. The minimum Gasteiger partial charge on any atom is -0.396 e. The third kappa shape index (κ3) is 4.44. The summed E-state index contributed by atoms with van der Waals surface area (Å²) < 4.78 is 0. The SMILES string of the molecule is CC(C)(CCCO)CNc1nccc(N)n1. The first-order chi connectivity index (χ1) is 7.53. The minimum absolute atomic E-state index is 0.108. The van der Waals surface area contributed by atoms with Crippen LogP contribution in [-0.4, -0.2) is 28.2 Å². The second-order valence-corrected chi connectivity index (χ2v) is 4.65. The van der Waals surface area contributed by atoms with Crippen molar-refractivity contribution < 1.29 is 5.11 Å². The first-order valence-electron chi connectivity index (χ1n) is 5.47. The van der Waals surface area contributed by atoms with Gasteiger partial charge in [-0.3, -0.25) is 0 Å². The van der Waals surface area contributed by atoms with Crippen LogP contribution in [0.25, 0.3) is 0 Å². The number of anilines is 2. The Morgan fingerprint density at radius 2 is 2.25 bits per heavy atom. The van der Waals surface area contributed by atoms with E-state index in [1.165, 1.54) is 0 Å². The van der Waals surface area contributed by atoms with E-state index in [2.05, 4.69) is 29.1 Å². The highest BCUT2D eigenvalue weighted by Crippen LogP contribution is 2.22. The first kappa shape index (κ1) is 12.7. The van der Waals surface area contributed by atoms with Crippen molar-refractivity contribution in [3.8, 4) is 0 Å². The normalized spacial score (nSPS) is 11.4. The molecule has 90 valence electrons. The van der Waals surface area contributed by atoms with Crippen molar-refractivity contribution >= 4 is 11.8 Å². The molecule has 0 aliphatic heterocycles. The zero-order valence-electron chi connectivity index (χ0n) is 9.90. The molecule has 1 heterocycles. The molecule has 0 bridgehead atoms. The van der Waals surface area contributed by atoms with Gasteiger partial charge < -0.3 is 16.2 Å². The number of nitrogens with zero attached hydrogens (tertiary/aromatic N) is 2. The predicted molar refractivity (Wildman–Crippen MR) is 65.0 cm³/mol. The Bertz CT molecular complexity index is 328. The fourth-order valence-electron chi connectivity index (χ4n) is 1.42. The molecule has 5 heteroatoms. The van der Waals surface area contributed by atoms with Crippen LogP contribution >= 0.6 is 0 Å². The van der Waals surface area contributed by atoms with E-state index >= 15 is 0 Å². The van der Waals surface area contributed by atoms with Crippen molar-refractivity contribution in [3.63, 3.8) is 0 Å². The molecule has 0 aliphatic carbocycles. The highest BCUT2D eigenvalue weighted by molar-refractivity contribution is 5.35. The summed E-state index contributed by atoms with van der Waals surface area (Å²) in [6, 6.07) is 1.65. The van der Waals surface area contributed by atoms with Gasteiger partial charge >= 0.3 is 0 Å². The Balaban J connectivity index is 2.44. The Hall–Kier alpha value is -1.36. The van der Waals surface area contributed by atoms with Gasteiger partial charge in [-0.25, -0.2) is 4.98 Å². The van der Waals surface area contributed by atoms with E-state index in [4.69, 9.17) is 10.8 Å². The summed E-state index contributed by atoms with van der Waals surface area (Å²) in [7, 11) is 0. The summed E-state index contributed by atoms with van der Waals surface area (Å²) in [6.07, 6.45) is 3.40. The second kappa shape index (κ2) is 5.65. The number of nitrogens with one attached hydrogen (secondary N) is 1. The van der Waals surface area contributed by atoms with Crippen LogP contribution in [0.3, 0.4) is 0 Å². The molecule has 0 radical (unpaired) electrons. The average Bonchev–Trinajstić information content (AvgIpc) is 2.24. The fraction of sp³-hybridized carbons (Fsp3) is 0.636. The Kier molecular flexibility index (Phi) is 4.49. The second-order valence-electron chi connectivity index (χ2n) is 4.65. The van der Waals surface area contributed by atoms with Crippen LogP contribution in [-0.2, 0) is 0 Å². The van der Waals surface area contributed by atoms with E-state index < -0.39 is 0 Å². The Morgan fingerprint density at radius 1 is 1.50 bits per heavy atom. The molecule has 0 amide bonds. The third-order valence-corrected chi connectivity index (χ3v) is 2.41. The molecule has 0 aromatic carbocycles. The van der Waals surface area contributed by atoms with Gasteiger partial charge in [-0.1, -0.05) is 13.8 Å². The monoisotopic (exact) mass is 224 g/mol. The van der Waals surface area contributed by atoms with E-state index in [9.17, 15) is 0 Å². The van der Waals surface area contributed by atoms with Crippen molar-refractivity contribution in [3.05, 3.63) is 12.3 Å². The molecule has 1 aromatic rings. The summed E-state index contributed by atoms with van der Waals surface area (Å²) in [5.74, 6) is 1.02. The molecule has 0 aliphatic rings. The first-order valence-corrected chi connectivity index (χ1v) is 5.47. The standard InChI is InChI=1S/C11H20N4O/c1-11(2,5-3-7-16)8-14-10-13-6-4-9(12)15-10/h4,6,16H,3,5,7-8H2,1-2H3,(H3,12,13,14,15). The van der Waals surface area contributed by atoms with Crippen molar-refractivity contribution in [2.24, 2.45) is 5.41 Å². The predicted octanol–water partition coefficient (Wildman–Crippen LogP) is 1.27. The Morgan fingerprint density at radius 3 is 2.88 bits per heavy atom. The summed E-state index contributed by atoms with van der Waals surface area (Å²) in [5, 5.41) is 11.9. The van der Waals surface area contributed by atoms with E-state index in [1.54, 1.807) is 12.3 Å². The number of aliphatic hydroxyl groups is 1. The van der Waals surface area contributed by atoms with Crippen LogP contribution < -0.4 is 11.1 Å². The van der Waals surface area contributed by atoms with Crippen molar-refractivity contribution in [1.29, 1.82) is 0 Å². The molecule has 4 N–H and O–H groups in total. The molecule has 0 fully saturated rings. The average molecular weight is 224 g/mol. The molecule has 5 nitrogen and oxygen atoms in total. The van der Waals surface area contributed by atoms with E-state index in [0.29, 0.717) is 11.8 Å². The van der Waals surface area contributed by atoms with Crippen LogP contribution in [0, 0.1) is 5.41 Å². The van der Waals surface area contributed by atoms with E-state index in [1.807, 2.05) is 0 Å². The lowest BCUT2D eigenvalue weighted by molar-refractivity contribution is 0.247. The zero-order valence-corrected chi connectivity index (χ0v) is 9.90. The molecule has 1 rings (SSSR count). The van der Waals surface area contributed by atoms with Crippen molar-refractivity contribution in [1.82, 2.24) is 9.97 Å². The van der Waals surface area contributed by atoms with Crippen LogP contribution in [0.5, 0.6) is 0 Å². The molecule has 0 saturated carbocycles. The summed E-state index contributed by atoms with van der Waals surface area (Å²) in [5.41, 5.74) is 5.66. The number of nitrogens with two attached hydrogens (primary N) is 1. The summed E-state index contributed by atoms with van der Waals surface area (Å²) in [4.78, 5) is 8.13. The molecule has 0 spiro atoms. The van der Waals surface area contributed by atoms with Gasteiger partial charge in [0.25, 0.3) is 0 Å². The molecule has 16 heavy (non-hydrogen) atoms. The van der Waals surface area contributed by atoms with Gasteiger partial charge in [-0.15, -0.1) is 0 Å². The number of aliphatic hydroxyl groups excluding tert-OH is 1. The number of nitrogen functional groups attached to an aromatic ring is 1. The van der Waals surface area contributed by atoms with Crippen LogP contribution in [0.4, 0.5) is 11.8 Å². The highest BCUT2D eigenvalue weighted by atomic mass is 16.2. The number of aromatic nitrogens is 2. The summed E-state index contributed by atoms with van der Waals surface area (Å²) >= 11 is 0. The van der Waals surface area contributed by atoms with E-state index in [-0.39, 0.29) is 12.0 Å². The van der Waals surface area contributed by atoms with Gasteiger partial charge in [-0.05, 0) is 24.3 Å². The number of hydrogen-bond donors (Lipinski definition) is 3. The molecule has 0 atom stereocenters. The molecule has 0 saturated heterocycles.